The lowest BCUT2D eigenvalue weighted by Crippen LogP contribution is -2.31. The minimum atomic E-state index is -0.0286. The molecule has 122 valence electrons. The van der Waals surface area contributed by atoms with Gasteiger partial charge in [0.25, 0.3) is 5.95 Å². The molecular weight excluding hydrogens is 290 g/mol. The summed E-state index contributed by atoms with van der Waals surface area (Å²) in [5.41, 5.74) is 1.20. The van der Waals surface area contributed by atoms with Crippen LogP contribution in [0.15, 0.2) is 30.3 Å². The first-order valence-corrected chi connectivity index (χ1v) is 8.25. The summed E-state index contributed by atoms with van der Waals surface area (Å²) < 4.78 is 1.88. The van der Waals surface area contributed by atoms with Crippen LogP contribution < -0.4 is 10.6 Å². The summed E-state index contributed by atoms with van der Waals surface area (Å²) in [7, 11) is 0. The first-order valence-electron chi connectivity index (χ1n) is 8.25. The lowest BCUT2D eigenvalue weighted by atomic mass is 9.99. The zero-order chi connectivity index (χ0) is 16.2. The Kier molecular flexibility index (Phi) is 4.60. The van der Waals surface area contributed by atoms with Crippen LogP contribution in [0.2, 0.25) is 0 Å². The molecule has 0 spiro atoms. The smallest absolute Gasteiger partial charge is 0.250 e. The molecule has 0 saturated heterocycles. The Bertz CT molecular complexity index is 667. The van der Waals surface area contributed by atoms with Crippen molar-refractivity contribution in [1.82, 2.24) is 14.8 Å². The molecule has 0 fully saturated rings. The van der Waals surface area contributed by atoms with Crippen LogP contribution in [0, 0.1) is 0 Å². The highest BCUT2D eigenvalue weighted by atomic mass is 16.1. The third kappa shape index (κ3) is 3.52. The molecule has 6 heteroatoms. The third-order valence-electron chi connectivity index (χ3n) is 4.07. The van der Waals surface area contributed by atoms with Gasteiger partial charge in [-0.1, -0.05) is 43.7 Å². The molecule has 0 saturated carbocycles. The number of carbonyl (C=O) groups is 1. The molecule has 0 aliphatic carbocycles. The average molecular weight is 313 g/mol. The van der Waals surface area contributed by atoms with Crippen molar-refractivity contribution >= 4 is 17.8 Å². The van der Waals surface area contributed by atoms with E-state index in [0.717, 1.165) is 19.3 Å². The van der Waals surface area contributed by atoms with E-state index in [0.29, 0.717) is 24.4 Å². The number of anilines is 2. The maximum Gasteiger partial charge on any atom is 0.250 e. The highest BCUT2D eigenvalue weighted by molar-refractivity contribution is 5.88. The van der Waals surface area contributed by atoms with Crippen LogP contribution in [-0.2, 0) is 4.79 Å². The number of amides is 1. The van der Waals surface area contributed by atoms with Crippen LogP contribution in [0.5, 0.6) is 0 Å². The molecule has 1 aromatic carbocycles. The fraction of sp³-hybridized carbons (Fsp3) is 0.471. The van der Waals surface area contributed by atoms with Crippen molar-refractivity contribution in [3.8, 4) is 0 Å². The van der Waals surface area contributed by atoms with Crippen LogP contribution in [-0.4, -0.2) is 26.7 Å². The monoisotopic (exact) mass is 313 g/mol. The lowest BCUT2D eigenvalue weighted by molar-refractivity contribution is -0.116. The van der Waals surface area contributed by atoms with Crippen molar-refractivity contribution in [2.45, 2.75) is 51.6 Å². The molecule has 2 N–H and O–H groups in total. The molecule has 0 radical (unpaired) electrons. The second kappa shape index (κ2) is 6.81. The number of hydrogen-bond acceptors (Lipinski definition) is 4. The minimum absolute atomic E-state index is 0.0286. The SMILES string of the molecule is CCCCC(=O)Nc1nc2n(n1)[C@H](c1ccccc1)C[C@@H](C)N2. The molecule has 1 aliphatic rings. The molecule has 1 aromatic heterocycles. The predicted octanol–water partition coefficient (Wildman–Crippen LogP) is 3.20. The van der Waals surface area contributed by atoms with Crippen LogP contribution in [0.4, 0.5) is 11.9 Å². The number of benzene rings is 1. The molecule has 0 bridgehead atoms. The van der Waals surface area contributed by atoms with E-state index in [1.54, 1.807) is 0 Å². The van der Waals surface area contributed by atoms with Gasteiger partial charge in [0.1, 0.15) is 0 Å². The van der Waals surface area contributed by atoms with Crippen molar-refractivity contribution in [3.63, 3.8) is 0 Å². The Morgan fingerprint density at radius 2 is 2.17 bits per heavy atom. The molecule has 2 atom stereocenters. The fourth-order valence-corrected chi connectivity index (χ4v) is 2.88. The first-order chi connectivity index (χ1) is 11.2. The number of hydrogen-bond donors (Lipinski definition) is 2. The van der Waals surface area contributed by atoms with Gasteiger partial charge < -0.3 is 5.32 Å². The van der Waals surface area contributed by atoms with Crippen LogP contribution >= 0.6 is 0 Å². The molecule has 6 nitrogen and oxygen atoms in total. The van der Waals surface area contributed by atoms with E-state index < -0.39 is 0 Å². The van der Waals surface area contributed by atoms with Gasteiger partial charge in [-0.2, -0.15) is 4.98 Å². The Hall–Kier alpha value is -2.37. The molecule has 2 aromatic rings. The molecule has 0 unspecified atom stereocenters. The summed E-state index contributed by atoms with van der Waals surface area (Å²) in [6.07, 6.45) is 3.31. The van der Waals surface area contributed by atoms with E-state index in [1.807, 2.05) is 22.9 Å². The zero-order valence-corrected chi connectivity index (χ0v) is 13.6. The van der Waals surface area contributed by atoms with Gasteiger partial charge in [-0.25, -0.2) is 4.68 Å². The van der Waals surface area contributed by atoms with E-state index in [-0.39, 0.29) is 11.9 Å². The van der Waals surface area contributed by atoms with Gasteiger partial charge in [0.2, 0.25) is 11.9 Å². The normalized spacial score (nSPS) is 19.7. The van der Waals surface area contributed by atoms with Crippen molar-refractivity contribution in [3.05, 3.63) is 35.9 Å². The van der Waals surface area contributed by atoms with Crippen molar-refractivity contribution in [1.29, 1.82) is 0 Å². The maximum absolute atomic E-state index is 11.9. The van der Waals surface area contributed by atoms with E-state index in [4.69, 9.17) is 0 Å². The van der Waals surface area contributed by atoms with E-state index in [1.165, 1.54) is 5.56 Å². The molecule has 23 heavy (non-hydrogen) atoms. The van der Waals surface area contributed by atoms with Gasteiger partial charge in [0, 0.05) is 12.5 Å². The Morgan fingerprint density at radius 1 is 1.39 bits per heavy atom. The van der Waals surface area contributed by atoms with Gasteiger partial charge in [0.05, 0.1) is 6.04 Å². The van der Waals surface area contributed by atoms with Gasteiger partial charge >= 0.3 is 0 Å². The van der Waals surface area contributed by atoms with Gasteiger partial charge in [-0.05, 0) is 25.3 Å². The van der Waals surface area contributed by atoms with Crippen molar-refractivity contribution < 1.29 is 4.79 Å². The number of nitrogens with one attached hydrogen (secondary N) is 2. The number of nitrogens with zero attached hydrogens (tertiary/aromatic N) is 3. The van der Waals surface area contributed by atoms with Gasteiger partial charge in [-0.15, -0.1) is 5.10 Å². The highest BCUT2D eigenvalue weighted by Crippen LogP contribution is 2.31. The molecule has 1 aliphatic heterocycles. The second-order valence-corrected chi connectivity index (χ2v) is 6.06. The Morgan fingerprint density at radius 3 is 2.91 bits per heavy atom. The summed E-state index contributed by atoms with van der Waals surface area (Å²) in [5.74, 6) is 1.06. The fourth-order valence-electron chi connectivity index (χ4n) is 2.88. The molecule has 3 rings (SSSR count). The summed E-state index contributed by atoms with van der Waals surface area (Å²) in [4.78, 5) is 16.3. The summed E-state index contributed by atoms with van der Waals surface area (Å²) in [6.45, 7) is 4.20. The topological polar surface area (TPSA) is 71.8 Å². The Balaban J connectivity index is 1.82. The third-order valence-corrected chi connectivity index (χ3v) is 4.07. The molecular formula is C17H23N5O. The maximum atomic E-state index is 11.9. The van der Waals surface area contributed by atoms with E-state index in [9.17, 15) is 4.79 Å². The number of rotatable bonds is 5. The summed E-state index contributed by atoms with van der Waals surface area (Å²) in [6, 6.07) is 10.7. The second-order valence-electron chi connectivity index (χ2n) is 6.06. The average Bonchev–Trinajstić information content (AvgIpc) is 2.94. The van der Waals surface area contributed by atoms with Gasteiger partial charge in [0.15, 0.2) is 0 Å². The van der Waals surface area contributed by atoms with Crippen LogP contribution in [0.25, 0.3) is 0 Å². The number of aromatic nitrogens is 3. The number of carbonyl (C=O) groups excluding carboxylic acids is 1. The summed E-state index contributed by atoms with van der Waals surface area (Å²) >= 11 is 0. The van der Waals surface area contributed by atoms with Gasteiger partial charge in [-0.3, -0.25) is 10.1 Å². The summed E-state index contributed by atoms with van der Waals surface area (Å²) in [5, 5.41) is 10.6. The lowest BCUT2D eigenvalue weighted by Gasteiger charge is -2.29. The first kappa shape index (κ1) is 15.5. The van der Waals surface area contributed by atoms with Crippen LogP contribution in [0.1, 0.15) is 51.1 Å². The quantitative estimate of drug-likeness (QED) is 0.889. The van der Waals surface area contributed by atoms with Crippen LogP contribution in [0.3, 0.4) is 0 Å². The van der Waals surface area contributed by atoms with E-state index >= 15 is 0 Å². The zero-order valence-electron chi connectivity index (χ0n) is 13.6. The number of fused-ring (bicyclic) bond motifs is 1. The highest BCUT2D eigenvalue weighted by Gasteiger charge is 2.28. The minimum Gasteiger partial charge on any atom is -0.352 e. The molecule has 2 heterocycles. The predicted molar refractivity (Wildman–Crippen MR) is 90.5 cm³/mol. The van der Waals surface area contributed by atoms with Crippen molar-refractivity contribution in [2.75, 3.05) is 10.6 Å². The molecule has 1 amide bonds. The number of unbranched alkanes of at least 4 members (excludes halogenated alkanes) is 1. The Labute approximate surface area is 136 Å². The largest absolute Gasteiger partial charge is 0.352 e. The standard InChI is InChI=1S/C17H23N5O/c1-3-4-10-15(23)19-16-20-17-18-12(2)11-14(22(17)21-16)13-8-6-5-7-9-13/h5-9,12,14H,3-4,10-11H2,1-2H3,(H2,18,19,20,21,23)/t12-,14+/m1/s1. The van der Waals surface area contributed by atoms with Crippen molar-refractivity contribution in [2.24, 2.45) is 0 Å². The van der Waals surface area contributed by atoms with E-state index in [2.05, 4.69) is 46.7 Å².